The van der Waals surface area contributed by atoms with Crippen LogP contribution in [-0.2, 0) is 21.5 Å². The fourth-order valence-corrected chi connectivity index (χ4v) is 2.27. The van der Waals surface area contributed by atoms with Gasteiger partial charge < -0.3 is 15.9 Å². The van der Waals surface area contributed by atoms with E-state index in [1.807, 2.05) is 43.3 Å². The highest BCUT2D eigenvalue weighted by Gasteiger charge is 2.22. The largest absolute Gasteiger partial charge is 0.478 e. The first kappa shape index (κ1) is 21.5. The lowest BCUT2D eigenvalue weighted by atomic mass is 9.86. The van der Waals surface area contributed by atoms with Crippen LogP contribution in [0.25, 0.3) is 0 Å². The second-order valence-corrected chi connectivity index (χ2v) is 5.90. The fourth-order valence-electron chi connectivity index (χ4n) is 2.27. The minimum absolute atomic E-state index is 0.0985. The number of aliphatic carboxylic acids is 2. The van der Waals surface area contributed by atoms with Gasteiger partial charge in [-0.3, -0.25) is 10.1 Å². The third-order valence-electron chi connectivity index (χ3n) is 3.49. The van der Waals surface area contributed by atoms with Crippen LogP contribution in [0.1, 0.15) is 18.1 Å². The molecule has 27 heavy (non-hydrogen) atoms. The van der Waals surface area contributed by atoms with Crippen LogP contribution >= 0.6 is 0 Å². The Hall–Kier alpha value is -3.52. The number of carbonyl (C=O) groups is 2. The monoisotopic (exact) mass is 372 g/mol. The van der Waals surface area contributed by atoms with E-state index in [0.29, 0.717) is 18.6 Å². The van der Waals surface area contributed by atoms with Gasteiger partial charge in [-0.1, -0.05) is 42.5 Å². The average Bonchev–Trinajstić information content (AvgIpc) is 2.61. The van der Waals surface area contributed by atoms with Crippen molar-refractivity contribution in [3.63, 3.8) is 0 Å². The highest BCUT2D eigenvalue weighted by atomic mass is 16.6. The SMILES string of the molecule is CC(N)(Cc1cccc([N+](=O)[O-])c1)c1ccccc1.O=C(O)C=CC(=O)O. The zero-order valence-electron chi connectivity index (χ0n) is 14.6. The quantitative estimate of drug-likeness (QED) is 0.402. The first-order valence-electron chi connectivity index (χ1n) is 7.83. The molecule has 0 aliphatic carbocycles. The Bertz CT molecular complexity index is 815. The van der Waals surface area contributed by atoms with E-state index in [9.17, 15) is 19.7 Å². The molecule has 2 rings (SSSR count). The van der Waals surface area contributed by atoms with Gasteiger partial charge >= 0.3 is 11.9 Å². The van der Waals surface area contributed by atoms with E-state index in [1.54, 1.807) is 12.1 Å². The number of nitro groups is 1. The van der Waals surface area contributed by atoms with Crippen molar-refractivity contribution >= 4 is 17.6 Å². The third kappa shape index (κ3) is 7.93. The van der Waals surface area contributed by atoms with Crippen molar-refractivity contribution in [3.05, 3.63) is 88.0 Å². The van der Waals surface area contributed by atoms with Gasteiger partial charge in [0.05, 0.1) is 4.92 Å². The zero-order chi connectivity index (χ0) is 20.4. The molecule has 0 aliphatic heterocycles. The Kier molecular flexibility index (Phi) is 7.84. The molecular weight excluding hydrogens is 352 g/mol. The molecule has 0 amide bonds. The van der Waals surface area contributed by atoms with E-state index in [0.717, 1.165) is 11.1 Å². The van der Waals surface area contributed by atoms with E-state index < -0.39 is 17.5 Å². The summed E-state index contributed by atoms with van der Waals surface area (Å²) in [4.78, 5) is 29.5. The summed E-state index contributed by atoms with van der Waals surface area (Å²) in [5.41, 5.74) is 7.76. The first-order chi connectivity index (χ1) is 12.6. The van der Waals surface area contributed by atoms with Crippen LogP contribution in [0, 0.1) is 10.1 Å². The second kappa shape index (κ2) is 9.83. The maximum Gasteiger partial charge on any atom is 0.328 e. The van der Waals surface area contributed by atoms with Crippen LogP contribution in [0.2, 0.25) is 0 Å². The number of hydrogen-bond donors (Lipinski definition) is 3. The lowest BCUT2D eigenvalue weighted by Gasteiger charge is -2.25. The molecule has 4 N–H and O–H groups in total. The van der Waals surface area contributed by atoms with E-state index >= 15 is 0 Å². The number of carboxylic acids is 2. The van der Waals surface area contributed by atoms with Gasteiger partial charge in [-0.25, -0.2) is 9.59 Å². The van der Waals surface area contributed by atoms with E-state index in [-0.39, 0.29) is 10.6 Å². The Balaban J connectivity index is 0.000000387. The van der Waals surface area contributed by atoms with Gasteiger partial charge in [0.2, 0.25) is 0 Å². The predicted molar refractivity (Wildman–Crippen MR) is 99.2 cm³/mol. The van der Waals surface area contributed by atoms with Gasteiger partial charge in [-0.15, -0.1) is 0 Å². The molecule has 0 saturated heterocycles. The summed E-state index contributed by atoms with van der Waals surface area (Å²) in [5.74, 6) is -2.51. The molecule has 142 valence electrons. The van der Waals surface area contributed by atoms with Crippen LogP contribution in [0.15, 0.2) is 66.7 Å². The fraction of sp³-hybridized carbons (Fsp3) is 0.158. The smallest absolute Gasteiger partial charge is 0.328 e. The summed E-state index contributed by atoms with van der Waals surface area (Å²) in [6.45, 7) is 1.93. The normalized spacial score (nSPS) is 12.5. The van der Waals surface area contributed by atoms with Gasteiger partial charge in [0, 0.05) is 29.8 Å². The van der Waals surface area contributed by atoms with Crippen LogP contribution in [0.5, 0.6) is 0 Å². The third-order valence-corrected chi connectivity index (χ3v) is 3.49. The molecule has 0 saturated carbocycles. The molecule has 2 aromatic rings. The number of nitro benzene ring substituents is 1. The van der Waals surface area contributed by atoms with Crippen molar-refractivity contribution < 1.29 is 24.7 Å². The highest BCUT2D eigenvalue weighted by Crippen LogP contribution is 2.24. The molecule has 1 atom stereocenters. The Labute approximate surface area is 155 Å². The topological polar surface area (TPSA) is 144 Å². The van der Waals surface area contributed by atoms with Crippen molar-refractivity contribution in [3.8, 4) is 0 Å². The number of benzene rings is 2. The molecule has 1 unspecified atom stereocenters. The molecule has 0 aromatic heterocycles. The van der Waals surface area contributed by atoms with Crippen molar-refractivity contribution in [1.82, 2.24) is 0 Å². The standard InChI is InChI=1S/C15H16N2O2.C4H4O4/c1-15(16,13-7-3-2-4-8-13)11-12-6-5-9-14(10-12)17(18)19;5-3(6)1-2-4(7)8/h2-10H,11,16H2,1H3;1-2H,(H,5,6)(H,7,8). The summed E-state index contributed by atoms with van der Waals surface area (Å²) in [7, 11) is 0. The van der Waals surface area contributed by atoms with Gasteiger partial charge in [-0.05, 0) is 24.5 Å². The maximum atomic E-state index is 10.8. The minimum atomic E-state index is -1.26. The average molecular weight is 372 g/mol. The Morgan fingerprint density at radius 3 is 2.11 bits per heavy atom. The Morgan fingerprint density at radius 1 is 1.07 bits per heavy atom. The molecular formula is C19H20N2O6. The number of nitrogens with zero attached hydrogens (tertiary/aromatic N) is 1. The van der Waals surface area contributed by atoms with Gasteiger partial charge in [0.15, 0.2) is 0 Å². The minimum Gasteiger partial charge on any atom is -0.478 e. The van der Waals surface area contributed by atoms with E-state index in [4.69, 9.17) is 15.9 Å². The number of carboxylic acid groups (broad SMARTS) is 2. The van der Waals surface area contributed by atoms with Crippen LogP contribution in [0.3, 0.4) is 0 Å². The zero-order valence-corrected chi connectivity index (χ0v) is 14.6. The van der Waals surface area contributed by atoms with Crippen LogP contribution in [0.4, 0.5) is 5.69 Å². The van der Waals surface area contributed by atoms with Crippen LogP contribution in [-0.4, -0.2) is 27.1 Å². The van der Waals surface area contributed by atoms with Crippen molar-refractivity contribution in [2.45, 2.75) is 18.9 Å². The predicted octanol–water partition coefficient (Wildman–Crippen LogP) is 2.72. The molecule has 0 heterocycles. The molecule has 0 radical (unpaired) electrons. The number of rotatable bonds is 6. The molecule has 0 aliphatic rings. The molecule has 0 bridgehead atoms. The second-order valence-electron chi connectivity index (χ2n) is 5.90. The van der Waals surface area contributed by atoms with Crippen molar-refractivity contribution in [2.75, 3.05) is 0 Å². The summed E-state index contributed by atoms with van der Waals surface area (Å²) in [5, 5.41) is 26.4. The van der Waals surface area contributed by atoms with Gasteiger partial charge in [0.1, 0.15) is 0 Å². The number of hydrogen-bond acceptors (Lipinski definition) is 5. The van der Waals surface area contributed by atoms with Gasteiger partial charge in [-0.2, -0.15) is 0 Å². The highest BCUT2D eigenvalue weighted by molar-refractivity contribution is 5.89. The van der Waals surface area contributed by atoms with Crippen molar-refractivity contribution in [1.29, 1.82) is 0 Å². The lowest BCUT2D eigenvalue weighted by Crippen LogP contribution is -2.35. The summed E-state index contributed by atoms with van der Waals surface area (Å²) >= 11 is 0. The van der Waals surface area contributed by atoms with Crippen molar-refractivity contribution in [2.24, 2.45) is 5.73 Å². The summed E-state index contributed by atoms with van der Waals surface area (Å²) in [6.07, 6.45) is 1.67. The van der Waals surface area contributed by atoms with Crippen LogP contribution < -0.4 is 5.73 Å². The number of non-ortho nitro benzene ring substituents is 1. The molecule has 0 fully saturated rings. The lowest BCUT2D eigenvalue weighted by molar-refractivity contribution is -0.384. The van der Waals surface area contributed by atoms with E-state index in [1.165, 1.54) is 6.07 Å². The van der Waals surface area contributed by atoms with Gasteiger partial charge in [0.25, 0.3) is 5.69 Å². The molecule has 8 heteroatoms. The van der Waals surface area contributed by atoms with E-state index in [2.05, 4.69) is 0 Å². The molecule has 2 aromatic carbocycles. The summed E-state index contributed by atoms with van der Waals surface area (Å²) in [6, 6.07) is 16.4. The number of nitrogens with two attached hydrogens (primary N) is 1. The molecule has 8 nitrogen and oxygen atoms in total. The molecule has 0 spiro atoms. The summed E-state index contributed by atoms with van der Waals surface area (Å²) < 4.78 is 0. The maximum absolute atomic E-state index is 10.8. The first-order valence-corrected chi connectivity index (χ1v) is 7.83. The Morgan fingerprint density at radius 2 is 1.63 bits per heavy atom.